The van der Waals surface area contributed by atoms with Gasteiger partial charge in [0, 0.05) is 10.9 Å². The van der Waals surface area contributed by atoms with Gasteiger partial charge < -0.3 is 9.52 Å². The van der Waals surface area contributed by atoms with E-state index in [1.54, 1.807) is 6.07 Å². The molecule has 0 saturated carbocycles. The second-order valence-electron chi connectivity index (χ2n) is 4.60. The summed E-state index contributed by atoms with van der Waals surface area (Å²) in [6.07, 6.45) is 3.97. The van der Waals surface area contributed by atoms with Crippen molar-refractivity contribution < 1.29 is 9.52 Å². The lowest BCUT2D eigenvalue weighted by atomic mass is 10.0. The predicted molar refractivity (Wildman–Crippen MR) is 72.1 cm³/mol. The van der Waals surface area contributed by atoms with Crippen molar-refractivity contribution in [3.8, 4) is 5.75 Å². The number of aryl methyl sites for hydroxylation is 1. The van der Waals surface area contributed by atoms with E-state index in [0.717, 1.165) is 42.2 Å². The molecule has 1 N–H and O–H groups in total. The fourth-order valence-corrected chi connectivity index (χ4v) is 2.24. The van der Waals surface area contributed by atoms with Crippen LogP contribution in [0.25, 0.3) is 11.0 Å². The van der Waals surface area contributed by atoms with Crippen LogP contribution < -0.4 is 5.63 Å². The molecule has 3 nitrogen and oxygen atoms in total. The molecule has 0 aliphatic carbocycles. The number of unbranched alkanes of at least 4 members (excludes halogenated alkanes) is 2. The van der Waals surface area contributed by atoms with Crippen LogP contribution in [-0.2, 0) is 6.42 Å². The van der Waals surface area contributed by atoms with Gasteiger partial charge in [-0.05, 0) is 31.4 Å². The normalized spacial score (nSPS) is 11.0. The highest BCUT2D eigenvalue weighted by atomic mass is 16.4. The molecular formula is C15H18O3. The maximum Gasteiger partial charge on any atom is 0.339 e. The van der Waals surface area contributed by atoms with E-state index in [1.165, 1.54) is 6.07 Å². The molecule has 0 aliphatic rings. The Morgan fingerprint density at radius 1 is 1.28 bits per heavy atom. The molecule has 2 rings (SSSR count). The average Bonchev–Trinajstić information content (AvgIpc) is 2.35. The molecule has 0 radical (unpaired) electrons. The number of hydrogen-bond donors (Lipinski definition) is 1. The van der Waals surface area contributed by atoms with Crippen molar-refractivity contribution in [2.75, 3.05) is 0 Å². The minimum absolute atomic E-state index is 0.0211. The van der Waals surface area contributed by atoms with Gasteiger partial charge in [-0.1, -0.05) is 31.9 Å². The topological polar surface area (TPSA) is 50.4 Å². The number of para-hydroxylation sites is 1. The molecule has 96 valence electrons. The Morgan fingerprint density at radius 3 is 2.78 bits per heavy atom. The smallest absolute Gasteiger partial charge is 0.339 e. The van der Waals surface area contributed by atoms with Crippen molar-refractivity contribution in [1.29, 1.82) is 0 Å². The molecule has 1 aromatic carbocycles. The van der Waals surface area contributed by atoms with E-state index < -0.39 is 0 Å². The molecule has 1 heterocycles. The van der Waals surface area contributed by atoms with E-state index in [0.29, 0.717) is 5.58 Å². The third-order valence-electron chi connectivity index (χ3n) is 3.32. The van der Waals surface area contributed by atoms with Gasteiger partial charge >= 0.3 is 5.63 Å². The van der Waals surface area contributed by atoms with Crippen molar-refractivity contribution in [3.63, 3.8) is 0 Å². The molecule has 0 fully saturated rings. The Hall–Kier alpha value is -1.77. The number of rotatable bonds is 4. The maximum atomic E-state index is 11.9. The average molecular weight is 246 g/mol. The van der Waals surface area contributed by atoms with Crippen LogP contribution in [0.2, 0.25) is 0 Å². The third-order valence-corrected chi connectivity index (χ3v) is 3.32. The lowest BCUT2D eigenvalue weighted by molar-refractivity contribution is 0.455. The van der Waals surface area contributed by atoms with E-state index in [-0.39, 0.29) is 11.4 Å². The number of phenolic OH excluding ortho intramolecular Hbond substituents is 1. The lowest BCUT2D eigenvalue weighted by Crippen LogP contribution is -2.10. The van der Waals surface area contributed by atoms with E-state index in [4.69, 9.17) is 4.42 Å². The van der Waals surface area contributed by atoms with Crippen molar-refractivity contribution >= 4 is 11.0 Å². The Labute approximate surface area is 106 Å². The first-order valence-electron chi connectivity index (χ1n) is 6.39. The summed E-state index contributed by atoms with van der Waals surface area (Å²) in [5.41, 5.74) is 1.63. The Morgan fingerprint density at radius 2 is 2.06 bits per heavy atom. The van der Waals surface area contributed by atoms with Crippen molar-refractivity contribution in [1.82, 2.24) is 0 Å². The number of aromatic hydroxyl groups is 1. The summed E-state index contributed by atoms with van der Waals surface area (Å²) in [6, 6.07) is 5.17. The molecule has 0 spiro atoms. The number of phenols is 1. The van der Waals surface area contributed by atoms with Crippen molar-refractivity contribution in [2.45, 2.75) is 39.5 Å². The standard InChI is InChI=1S/C15H18O3/c1-3-4-5-7-12-10(2)11-8-6-9-13(16)14(11)18-15(12)17/h6,8-9,16H,3-5,7H2,1-2H3. The van der Waals surface area contributed by atoms with E-state index in [1.807, 2.05) is 13.0 Å². The summed E-state index contributed by atoms with van der Waals surface area (Å²) < 4.78 is 5.23. The minimum atomic E-state index is -0.322. The molecule has 0 aliphatic heterocycles. The zero-order valence-corrected chi connectivity index (χ0v) is 10.8. The molecule has 0 saturated heterocycles. The highest BCUT2D eigenvalue weighted by molar-refractivity contribution is 5.85. The van der Waals surface area contributed by atoms with Crippen LogP contribution in [0, 0.1) is 6.92 Å². The van der Waals surface area contributed by atoms with E-state index in [2.05, 4.69) is 6.92 Å². The van der Waals surface area contributed by atoms with Gasteiger partial charge in [0.15, 0.2) is 11.3 Å². The molecular weight excluding hydrogens is 228 g/mol. The molecule has 2 aromatic rings. The Kier molecular flexibility index (Phi) is 3.70. The lowest BCUT2D eigenvalue weighted by Gasteiger charge is -2.08. The number of hydrogen-bond acceptors (Lipinski definition) is 3. The van der Waals surface area contributed by atoms with Crippen LogP contribution in [-0.4, -0.2) is 5.11 Å². The minimum Gasteiger partial charge on any atom is -0.504 e. The molecule has 0 atom stereocenters. The van der Waals surface area contributed by atoms with Crippen molar-refractivity contribution in [2.24, 2.45) is 0 Å². The highest BCUT2D eigenvalue weighted by Crippen LogP contribution is 2.27. The summed E-state index contributed by atoms with van der Waals surface area (Å²) in [6.45, 7) is 4.05. The summed E-state index contributed by atoms with van der Waals surface area (Å²) in [5.74, 6) is 0.0211. The van der Waals surface area contributed by atoms with Gasteiger partial charge in [-0.2, -0.15) is 0 Å². The van der Waals surface area contributed by atoms with Crippen LogP contribution in [0.15, 0.2) is 27.4 Å². The fraction of sp³-hybridized carbons (Fsp3) is 0.400. The number of fused-ring (bicyclic) bond motifs is 1. The van der Waals surface area contributed by atoms with Crippen molar-refractivity contribution in [3.05, 3.63) is 39.7 Å². The molecule has 1 aromatic heterocycles. The SMILES string of the molecule is CCCCCc1c(C)c2cccc(O)c2oc1=O. The number of benzene rings is 1. The van der Waals surface area contributed by atoms with Gasteiger partial charge in [-0.25, -0.2) is 4.79 Å². The maximum absolute atomic E-state index is 11.9. The molecule has 0 unspecified atom stereocenters. The second-order valence-corrected chi connectivity index (χ2v) is 4.60. The van der Waals surface area contributed by atoms with Crippen LogP contribution >= 0.6 is 0 Å². The van der Waals surface area contributed by atoms with E-state index >= 15 is 0 Å². The van der Waals surface area contributed by atoms with Crippen LogP contribution in [0.3, 0.4) is 0 Å². The quantitative estimate of drug-likeness (QED) is 0.663. The monoisotopic (exact) mass is 246 g/mol. The zero-order chi connectivity index (χ0) is 13.1. The molecule has 18 heavy (non-hydrogen) atoms. The summed E-state index contributed by atoms with van der Waals surface area (Å²) in [4.78, 5) is 11.9. The first-order chi connectivity index (χ1) is 8.65. The van der Waals surface area contributed by atoms with Gasteiger partial charge in [-0.3, -0.25) is 0 Å². The first-order valence-corrected chi connectivity index (χ1v) is 6.39. The largest absolute Gasteiger partial charge is 0.504 e. The van der Waals surface area contributed by atoms with Gasteiger partial charge in [0.05, 0.1) is 0 Å². The Bertz CT molecular complexity index is 611. The van der Waals surface area contributed by atoms with Crippen LogP contribution in [0.4, 0.5) is 0 Å². The fourth-order valence-electron chi connectivity index (χ4n) is 2.24. The van der Waals surface area contributed by atoms with Crippen LogP contribution in [0.5, 0.6) is 5.75 Å². The summed E-state index contributed by atoms with van der Waals surface area (Å²) in [5, 5.41) is 10.5. The zero-order valence-electron chi connectivity index (χ0n) is 10.8. The van der Waals surface area contributed by atoms with E-state index in [9.17, 15) is 9.90 Å². The Balaban J connectivity index is 2.52. The summed E-state index contributed by atoms with van der Waals surface area (Å²) >= 11 is 0. The third kappa shape index (κ3) is 2.26. The second kappa shape index (κ2) is 5.25. The van der Waals surface area contributed by atoms with Gasteiger partial charge in [0.25, 0.3) is 0 Å². The van der Waals surface area contributed by atoms with Gasteiger partial charge in [0.1, 0.15) is 0 Å². The first kappa shape index (κ1) is 12.7. The predicted octanol–water partition coefficient (Wildman–Crippen LogP) is 3.54. The highest BCUT2D eigenvalue weighted by Gasteiger charge is 2.12. The van der Waals surface area contributed by atoms with Crippen LogP contribution in [0.1, 0.15) is 37.3 Å². The molecule has 0 bridgehead atoms. The molecule has 3 heteroatoms. The summed E-state index contributed by atoms with van der Waals surface area (Å²) in [7, 11) is 0. The molecule has 0 amide bonds. The van der Waals surface area contributed by atoms with Gasteiger partial charge in [-0.15, -0.1) is 0 Å². The van der Waals surface area contributed by atoms with Gasteiger partial charge in [0.2, 0.25) is 0 Å².